The molecule has 0 amide bonds. The molecule has 0 aliphatic heterocycles. The van der Waals surface area contributed by atoms with E-state index in [1.807, 2.05) is 0 Å². The van der Waals surface area contributed by atoms with Crippen LogP contribution in [0.1, 0.15) is 26.7 Å². The number of nitrogens with one attached hydrogen (secondary N) is 1. The molecule has 0 radical (unpaired) electrons. The van der Waals surface area contributed by atoms with Crippen molar-refractivity contribution >= 4 is 0 Å². The van der Waals surface area contributed by atoms with E-state index in [1.54, 1.807) is 12.4 Å². The van der Waals surface area contributed by atoms with Gasteiger partial charge in [0.1, 0.15) is 12.9 Å². The Hall–Kier alpha value is -1.16. The summed E-state index contributed by atoms with van der Waals surface area (Å²) in [4.78, 5) is 7.80. The van der Waals surface area contributed by atoms with E-state index in [4.69, 9.17) is 4.74 Å². The van der Waals surface area contributed by atoms with Gasteiger partial charge in [-0.25, -0.2) is 9.97 Å². The first-order valence-corrected chi connectivity index (χ1v) is 5.31. The number of hydrogen-bond acceptors (Lipinski definition) is 4. The SMILES string of the molecule is CC(C)(COc1cncnc1)NC1CC1. The smallest absolute Gasteiger partial charge is 0.155 e. The second-order valence-corrected chi connectivity index (χ2v) is 4.67. The number of rotatable bonds is 5. The highest BCUT2D eigenvalue weighted by Gasteiger charge is 2.29. The number of hydrogen-bond donors (Lipinski definition) is 1. The normalized spacial score (nSPS) is 16.4. The molecule has 1 N–H and O–H groups in total. The summed E-state index contributed by atoms with van der Waals surface area (Å²) < 4.78 is 5.61. The van der Waals surface area contributed by atoms with E-state index >= 15 is 0 Å². The zero-order valence-corrected chi connectivity index (χ0v) is 9.23. The molecule has 0 saturated heterocycles. The second kappa shape index (κ2) is 4.14. The van der Waals surface area contributed by atoms with E-state index in [9.17, 15) is 0 Å². The van der Waals surface area contributed by atoms with Gasteiger partial charge in [0.25, 0.3) is 0 Å². The van der Waals surface area contributed by atoms with Crippen molar-refractivity contribution < 1.29 is 4.74 Å². The molecule has 0 aromatic carbocycles. The van der Waals surface area contributed by atoms with Crippen LogP contribution in [0.4, 0.5) is 0 Å². The van der Waals surface area contributed by atoms with Crippen LogP contribution in [-0.2, 0) is 0 Å². The molecular formula is C11H17N3O. The van der Waals surface area contributed by atoms with Gasteiger partial charge in [-0.1, -0.05) is 0 Å². The molecule has 1 aromatic rings. The Morgan fingerprint density at radius 2 is 2.07 bits per heavy atom. The molecule has 1 aromatic heterocycles. The largest absolute Gasteiger partial charge is 0.488 e. The van der Waals surface area contributed by atoms with Crippen molar-refractivity contribution in [3.05, 3.63) is 18.7 Å². The van der Waals surface area contributed by atoms with Crippen LogP contribution in [0, 0.1) is 0 Å². The lowest BCUT2D eigenvalue weighted by Gasteiger charge is -2.26. The Labute approximate surface area is 90.1 Å². The third kappa shape index (κ3) is 3.47. The van der Waals surface area contributed by atoms with E-state index in [0.29, 0.717) is 12.6 Å². The Bertz CT molecular complexity index is 309. The summed E-state index contributed by atoms with van der Waals surface area (Å²) in [6, 6.07) is 0.690. The average Bonchev–Trinajstić information content (AvgIpc) is 3.00. The Kier molecular flexibility index (Phi) is 2.86. The zero-order valence-electron chi connectivity index (χ0n) is 9.23. The van der Waals surface area contributed by atoms with E-state index < -0.39 is 0 Å². The van der Waals surface area contributed by atoms with Crippen molar-refractivity contribution in [2.24, 2.45) is 0 Å². The summed E-state index contributed by atoms with van der Waals surface area (Å²) in [5.41, 5.74) is 0.0109. The number of nitrogens with zero attached hydrogens (tertiary/aromatic N) is 2. The maximum absolute atomic E-state index is 5.61. The van der Waals surface area contributed by atoms with Crippen LogP contribution in [0.3, 0.4) is 0 Å². The van der Waals surface area contributed by atoms with Crippen LogP contribution in [0.2, 0.25) is 0 Å². The minimum Gasteiger partial charge on any atom is -0.488 e. The molecule has 0 atom stereocenters. The van der Waals surface area contributed by atoms with E-state index in [0.717, 1.165) is 5.75 Å². The molecule has 0 spiro atoms. The van der Waals surface area contributed by atoms with Gasteiger partial charge < -0.3 is 10.1 Å². The number of aromatic nitrogens is 2. The van der Waals surface area contributed by atoms with Gasteiger partial charge in [0.15, 0.2) is 5.75 Å². The molecule has 1 fully saturated rings. The van der Waals surface area contributed by atoms with Gasteiger partial charge in [-0.05, 0) is 26.7 Å². The lowest BCUT2D eigenvalue weighted by atomic mass is 10.1. The third-order valence-corrected chi connectivity index (χ3v) is 2.31. The number of ether oxygens (including phenoxy) is 1. The Morgan fingerprint density at radius 3 is 2.67 bits per heavy atom. The molecule has 4 nitrogen and oxygen atoms in total. The molecule has 1 aliphatic carbocycles. The fourth-order valence-electron chi connectivity index (χ4n) is 1.45. The van der Waals surface area contributed by atoms with Crippen LogP contribution in [0.5, 0.6) is 5.75 Å². The standard InChI is InChI=1S/C11H17N3O/c1-11(2,14-9-3-4-9)7-15-10-5-12-8-13-6-10/h5-6,8-9,14H,3-4,7H2,1-2H3. The van der Waals surface area contributed by atoms with Crippen molar-refractivity contribution in [1.29, 1.82) is 0 Å². The second-order valence-electron chi connectivity index (χ2n) is 4.67. The average molecular weight is 207 g/mol. The van der Waals surface area contributed by atoms with Crippen molar-refractivity contribution in [2.75, 3.05) is 6.61 Å². The van der Waals surface area contributed by atoms with Gasteiger partial charge in [0, 0.05) is 11.6 Å². The van der Waals surface area contributed by atoms with Gasteiger partial charge in [-0.2, -0.15) is 0 Å². The molecule has 0 bridgehead atoms. The Morgan fingerprint density at radius 1 is 1.40 bits per heavy atom. The predicted octanol–water partition coefficient (Wildman–Crippen LogP) is 1.39. The molecule has 15 heavy (non-hydrogen) atoms. The first kappa shape index (κ1) is 10.4. The predicted molar refractivity (Wildman–Crippen MR) is 57.8 cm³/mol. The quantitative estimate of drug-likeness (QED) is 0.792. The molecule has 2 rings (SSSR count). The van der Waals surface area contributed by atoms with Gasteiger partial charge >= 0.3 is 0 Å². The van der Waals surface area contributed by atoms with Gasteiger partial charge in [0.2, 0.25) is 0 Å². The summed E-state index contributed by atoms with van der Waals surface area (Å²) in [6.07, 6.45) is 7.44. The van der Waals surface area contributed by atoms with Crippen molar-refractivity contribution in [3.63, 3.8) is 0 Å². The minimum absolute atomic E-state index is 0.0109. The fraction of sp³-hybridized carbons (Fsp3) is 0.636. The maximum atomic E-state index is 5.61. The highest BCUT2D eigenvalue weighted by Crippen LogP contribution is 2.22. The van der Waals surface area contributed by atoms with Crippen LogP contribution in [-0.4, -0.2) is 28.2 Å². The minimum atomic E-state index is 0.0109. The molecule has 1 heterocycles. The summed E-state index contributed by atoms with van der Waals surface area (Å²) in [7, 11) is 0. The summed E-state index contributed by atoms with van der Waals surface area (Å²) >= 11 is 0. The first-order chi connectivity index (χ1) is 7.16. The zero-order chi connectivity index (χ0) is 10.7. The van der Waals surface area contributed by atoms with E-state index in [-0.39, 0.29) is 5.54 Å². The molecule has 4 heteroatoms. The van der Waals surface area contributed by atoms with Crippen LogP contribution >= 0.6 is 0 Å². The van der Waals surface area contributed by atoms with E-state index in [1.165, 1.54) is 19.2 Å². The first-order valence-electron chi connectivity index (χ1n) is 5.31. The molecular weight excluding hydrogens is 190 g/mol. The summed E-state index contributed by atoms with van der Waals surface area (Å²) in [5.74, 6) is 0.725. The van der Waals surface area contributed by atoms with Crippen molar-refractivity contribution in [3.8, 4) is 5.75 Å². The van der Waals surface area contributed by atoms with E-state index in [2.05, 4.69) is 29.1 Å². The molecule has 0 unspecified atom stereocenters. The van der Waals surface area contributed by atoms with Gasteiger partial charge in [-0.15, -0.1) is 0 Å². The topological polar surface area (TPSA) is 47.0 Å². The highest BCUT2D eigenvalue weighted by atomic mass is 16.5. The van der Waals surface area contributed by atoms with Gasteiger partial charge in [-0.3, -0.25) is 0 Å². The van der Waals surface area contributed by atoms with Crippen molar-refractivity contribution in [2.45, 2.75) is 38.3 Å². The van der Waals surface area contributed by atoms with Crippen molar-refractivity contribution in [1.82, 2.24) is 15.3 Å². The van der Waals surface area contributed by atoms with Crippen LogP contribution < -0.4 is 10.1 Å². The molecule has 82 valence electrons. The van der Waals surface area contributed by atoms with Crippen LogP contribution in [0.25, 0.3) is 0 Å². The Balaban J connectivity index is 1.81. The maximum Gasteiger partial charge on any atom is 0.155 e. The summed E-state index contributed by atoms with van der Waals surface area (Å²) in [6.45, 7) is 4.93. The monoisotopic (exact) mass is 207 g/mol. The lowest BCUT2D eigenvalue weighted by molar-refractivity contribution is 0.205. The van der Waals surface area contributed by atoms with Gasteiger partial charge in [0.05, 0.1) is 12.4 Å². The van der Waals surface area contributed by atoms with Crippen LogP contribution in [0.15, 0.2) is 18.7 Å². The lowest BCUT2D eigenvalue weighted by Crippen LogP contribution is -2.45. The molecule has 1 aliphatic rings. The molecule has 1 saturated carbocycles. The summed E-state index contributed by atoms with van der Waals surface area (Å²) in [5, 5.41) is 3.53. The third-order valence-electron chi connectivity index (χ3n) is 2.31. The fourth-order valence-corrected chi connectivity index (χ4v) is 1.45. The highest BCUT2D eigenvalue weighted by molar-refractivity contribution is 5.10.